The normalized spacial score (nSPS) is 25.9. The molecular formula is C11H17NO2S. The van der Waals surface area contributed by atoms with Crippen molar-refractivity contribution in [2.75, 3.05) is 13.2 Å². The molecule has 0 aromatic carbocycles. The second-order valence-corrected chi connectivity index (χ2v) is 4.82. The van der Waals surface area contributed by atoms with E-state index in [1.165, 1.54) is 4.88 Å². The van der Waals surface area contributed by atoms with Gasteiger partial charge in [-0.1, -0.05) is 6.07 Å². The lowest BCUT2D eigenvalue weighted by atomic mass is 10.2. The van der Waals surface area contributed by atoms with E-state index in [9.17, 15) is 0 Å². The quantitative estimate of drug-likeness (QED) is 0.833. The van der Waals surface area contributed by atoms with E-state index >= 15 is 0 Å². The summed E-state index contributed by atoms with van der Waals surface area (Å²) in [7, 11) is 0. The molecule has 1 aromatic heterocycles. The van der Waals surface area contributed by atoms with Crippen LogP contribution in [0.3, 0.4) is 0 Å². The highest BCUT2D eigenvalue weighted by Gasteiger charge is 2.23. The summed E-state index contributed by atoms with van der Waals surface area (Å²) < 4.78 is 11.3. The minimum absolute atomic E-state index is 0.249. The van der Waals surface area contributed by atoms with Gasteiger partial charge in [0.2, 0.25) is 0 Å². The van der Waals surface area contributed by atoms with Crippen molar-refractivity contribution in [1.29, 1.82) is 0 Å². The first-order valence-electron chi connectivity index (χ1n) is 5.34. The van der Waals surface area contributed by atoms with E-state index in [-0.39, 0.29) is 12.2 Å². The van der Waals surface area contributed by atoms with Crippen molar-refractivity contribution in [1.82, 2.24) is 0 Å². The highest BCUT2D eigenvalue weighted by atomic mass is 32.1. The van der Waals surface area contributed by atoms with E-state index in [0.717, 1.165) is 12.8 Å². The highest BCUT2D eigenvalue weighted by Crippen LogP contribution is 2.19. The monoisotopic (exact) mass is 227 g/mol. The van der Waals surface area contributed by atoms with Crippen LogP contribution < -0.4 is 5.73 Å². The molecule has 1 aliphatic heterocycles. The van der Waals surface area contributed by atoms with Gasteiger partial charge < -0.3 is 15.2 Å². The Kier molecular flexibility index (Phi) is 4.14. The lowest BCUT2D eigenvalue weighted by molar-refractivity contribution is -0.0162. The maximum Gasteiger partial charge on any atom is 0.0814 e. The molecule has 2 N–H and O–H groups in total. The van der Waals surface area contributed by atoms with Gasteiger partial charge in [-0.25, -0.2) is 0 Å². The molecule has 2 atom stereocenters. The van der Waals surface area contributed by atoms with Crippen molar-refractivity contribution in [3.63, 3.8) is 0 Å². The van der Waals surface area contributed by atoms with Gasteiger partial charge in [-0.2, -0.15) is 0 Å². The van der Waals surface area contributed by atoms with Crippen LogP contribution >= 0.6 is 11.3 Å². The summed E-state index contributed by atoms with van der Waals surface area (Å²) in [5.41, 5.74) is 5.54. The first kappa shape index (κ1) is 11.1. The van der Waals surface area contributed by atoms with E-state index in [0.29, 0.717) is 19.8 Å². The molecule has 0 bridgehead atoms. The summed E-state index contributed by atoms with van der Waals surface area (Å²) >= 11 is 1.72. The molecule has 0 saturated carbocycles. The minimum Gasteiger partial charge on any atom is -0.373 e. The van der Waals surface area contributed by atoms with Gasteiger partial charge in [-0.15, -0.1) is 11.3 Å². The smallest absolute Gasteiger partial charge is 0.0814 e. The molecule has 2 unspecified atom stereocenters. The minimum atomic E-state index is 0.249. The van der Waals surface area contributed by atoms with E-state index in [2.05, 4.69) is 11.4 Å². The van der Waals surface area contributed by atoms with Gasteiger partial charge in [-0.05, 0) is 24.3 Å². The molecule has 84 valence electrons. The molecule has 2 rings (SSSR count). The third-order valence-corrected chi connectivity index (χ3v) is 3.44. The van der Waals surface area contributed by atoms with Gasteiger partial charge in [0.05, 0.1) is 25.4 Å². The predicted molar refractivity (Wildman–Crippen MR) is 60.9 cm³/mol. The maximum atomic E-state index is 5.68. The molecule has 1 fully saturated rings. The number of thiophene rings is 1. The number of hydrogen-bond donors (Lipinski definition) is 1. The van der Waals surface area contributed by atoms with Crippen molar-refractivity contribution < 1.29 is 9.47 Å². The molecule has 3 nitrogen and oxygen atoms in total. The Morgan fingerprint density at radius 3 is 3.00 bits per heavy atom. The van der Waals surface area contributed by atoms with Crippen molar-refractivity contribution in [3.05, 3.63) is 22.4 Å². The van der Waals surface area contributed by atoms with Gasteiger partial charge in [0.25, 0.3) is 0 Å². The maximum absolute atomic E-state index is 5.68. The number of rotatable bonds is 5. The fourth-order valence-corrected chi connectivity index (χ4v) is 2.40. The Bertz CT molecular complexity index is 276. The van der Waals surface area contributed by atoms with Crippen LogP contribution in [-0.2, 0) is 16.1 Å². The Labute approximate surface area is 94.2 Å². The third kappa shape index (κ3) is 3.28. The molecular weight excluding hydrogens is 210 g/mol. The van der Waals surface area contributed by atoms with Crippen LogP contribution in [0.4, 0.5) is 0 Å². The van der Waals surface area contributed by atoms with Gasteiger partial charge in [0.1, 0.15) is 0 Å². The average Bonchev–Trinajstić information content (AvgIpc) is 2.88. The van der Waals surface area contributed by atoms with Crippen LogP contribution in [0.25, 0.3) is 0 Å². The second-order valence-electron chi connectivity index (χ2n) is 3.79. The lowest BCUT2D eigenvalue weighted by Gasteiger charge is -2.12. The molecule has 1 aliphatic rings. The molecule has 2 heterocycles. The fraction of sp³-hybridized carbons (Fsp3) is 0.636. The third-order valence-electron chi connectivity index (χ3n) is 2.59. The van der Waals surface area contributed by atoms with Crippen molar-refractivity contribution in [2.45, 2.75) is 31.7 Å². The standard InChI is InChI=1S/C11H17NO2S/c12-6-9-3-4-10(14-9)7-13-8-11-2-1-5-15-11/h1-2,5,9-10H,3-4,6-8,12H2. The Hall–Kier alpha value is -0.420. The molecule has 4 heteroatoms. The molecule has 0 radical (unpaired) electrons. The zero-order valence-corrected chi connectivity index (χ0v) is 9.54. The van der Waals surface area contributed by atoms with Gasteiger partial charge in [0, 0.05) is 11.4 Å². The predicted octanol–water partition coefficient (Wildman–Crippen LogP) is 1.77. The largest absolute Gasteiger partial charge is 0.373 e. The number of ether oxygens (including phenoxy) is 2. The Morgan fingerprint density at radius 2 is 2.33 bits per heavy atom. The molecule has 0 spiro atoms. The summed E-state index contributed by atoms with van der Waals surface area (Å²) in [6, 6.07) is 4.13. The first-order valence-corrected chi connectivity index (χ1v) is 6.22. The van der Waals surface area contributed by atoms with E-state index in [1.807, 2.05) is 6.07 Å². The number of nitrogens with two attached hydrogens (primary N) is 1. The highest BCUT2D eigenvalue weighted by molar-refractivity contribution is 7.09. The molecule has 1 saturated heterocycles. The van der Waals surface area contributed by atoms with Crippen LogP contribution in [0.1, 0.15) is 17.7 Å². The zero-order chi connectivity index (χ0) is 10.5. The Morgan fingerprint density at radius 1 is 1.47 bits per heavy atom. The zero-order valence-electron chi connectivity index (χ0n) is 8.72. The molecule has 15 heavy (non-hydrogen) atoms. The van der Waals surface area contributed by atoms with Crippen LogP contribution in [0.5, 0.6) is 0 Å². The van der Waals surface area contributed by atoms with Gasteiger partial charge in [0.15, 0.2) is 0 Å². The molecule has 0 aliphatic carbocycles. The summed E-state index contributed by atoms with van der Waals surface area (Å²) in [6.07, 6.45) is 2.65. The van der Waals surface area contributed by atoms with E-state index in [1.54, 1.807) is 11.3 Å². The summed E-state index contributed by atoms with van der Waals surface area (Å²) in [5.74, 6) is 0. The van der Waals surface area contributed by atoms with Crippen LogP contribution in [-0.4, -0.2) is 25.4 Å². The van der Waals surface area contributed by atoms with Crippen LogP contribution in [0.2, 0.25) is 0 Å². The van der Waals surface area contributed by atoms with Crippen molar-refractivity contribution in [2.24, 2.45) is 5.73 Å². The summed E-state index contributed by atoms with van der Waals surface area (Å²) in [5, 5.41) is 2.06. The van der Waals surface area contributed by atoms with Gasteiger partial charge in [-0.3, -0.25) is 0 Å². The van der Waals surface area contributed by atoms with E-state index < -0.39 is 0 Å². The second kappa shape index (κ2) is 5.61. The summed E-state index contributed by atoms with van der Waals surface area (Å²) in [6.45, 7) is 2.01. The summed E-state index contributed by atoms with van der Waals surface area (Å²) in [4.78, 5) is 1.27. The SMILES string of the molecule is NCC1CCC(COCc2cccs2)O1. The first-order chi connectivity index (χ1) is 7.38. The van der Waals surface area contributed by atoms with Crippen LogP contribution in [0, 0.1) is 0 Å². The number of hydrogen-bond acceptors (Lipinski definition) is 4. The average molecular weight is 227 g/mol. The van der Waals surface area contributed by atoms with E-state index in [4.69, 9.17) is 15.2 Å². The topological polar surface area (TPSA) is 44.5 Å². The van der Waals surface area contributed by atoms with Gasteiger partial charge >= 0.3 is 0 Å². The molecule has 1 aromatic rings. The molecule has 0 amide bonds. The lowest BCUT2D eigenvalue weighted by Crippen LogP contribution is -2.22. The van der Waals surface area contributed by atoms with Crippen LogP contribution in [0.15, 0.2) is 17.5 Å². The Balaban J connectivity index is 1.63. The fourth-order valence-electron chi connectivity index (χ4n) is 1.76. The van der Waals surface area contributed by atoms with Crippen molar-refractivity contribution >= 4 is 11.3 Å². The van der Waals surface area contributed by atoms with Crippen molar-refractivity contribution in [3.8, 4) is 0 Å².